The third-order valence-corrected chi connectivity index (χ3v) is 6.56. The van der Waals surface area contributed by atoms with Crippen molar-refractivity contribution in [2.24, 2.45) is 0 Å². The monoisotopic (exact) mass is 431 g/mol. The van der Waals surface area contributed by atoms with Gasteiger partial charge in [0.25, 0.3) is 0 Å². The summed E-state index contributed by atoms with van der Waals surface area (Å²) in [6, 6.07) is 8.92. The number of nitrogens with zero attached hydrogens (tertiary/aromatic N) is 1. The van der Waals surface area contributed by atoms with E-state index in [4.69, 9.17) is 4.52 Å². The second kappa shape index (κ2) is 8.73. The smallest absolute Gasteiger partial charge is 0.241 e. The van der Waals surface area contributed by atoms with Crippen LogP contribution in [0.3, 0.4) is 0 Å². The lowest BCUT2D eigenvalue weighted by Crippen LogP contribution is -2.23. The highest BCUT2D eigenvalue weighted by atomic mass is 32.2. The maximum atomic E-state index is 12.7. The molecular weight excluding hydrogens is 410 g/mol. The number of benzene rings is 1. The van der Waals surface area contributed by atoms with Gasteiger partial charge in [-0.15, -0.1) is 11.3 Å². The summed E-state index contributed by atoms with van der Waals surface area (Å²) in [5.41, 5.74) is 2.38. The third-order valence-electron chi connectivity index (χ3n) is 4.14. The molecule has 0 aliphatic rings. The average molecular weight is 432 g/mol. The van der Waals surface area contributed by atoms with Gasteiger partial charge in [0.05, 0.1) is 4.90 Å². The number of nitrogens with one attached hydrogen (secondary N) is 2. The van der Waals surface area contributed by atoms with Gasteiger partial charge in [0, 0.05) is 18.3 Å². The summed E-state index contributed by atoms with van der Waals surface area (Å²) >= 11 is 1.49. The molecule has 152 valence electrons. The zero-order valence-electron chi connectivity index (χ0n) is 16.2. The summed E-state index contributed by atoms with van der Waals surface area (Å²) in [6.45, 7) is 5.13. The molecule has 1 amide bonds. The molecule has 0 atom stereocenters. The largest absolute Gasteiger partial charge is 0.354 e. The van der Waals surface area contributed by atoms with Crippen LogP contribution in [0.15, 0.2) is 45.1 Å². The van der Waals surface area contributed by atoms with Gasteiger partial charge < -0.3 is 9.84 Å². The fourth-order valence-corrected chi connectivity index (χ4v) is 4.69. The van der Waals surface area contributed by atoms with E-state index in [1.165, 1.54) is 18.3 Å². The fraction of sp³-hybridized carbons (Fsp3) is 0.200. The van der Waals surface area contributed by atoms with Crippen LogP contribution in [0, 0.1) is 13.8 Å². The SMILES string of the molecule is CC(=O)Nc1c(C)noc1C=Cc1ccc(C)c(S(=O)(=O)NCc2cccs2)c1. The van der Waals surface area contributed by atoms with Crippen LogP contribution in [-0.2, 0) is 21.4 Å². The number of carbonyl (C=O) groups excluding carboxylic acids is 1. The van der Waals surface area contributed by atoms with Crippen LogP contribution in [-0.4, -0.2) is 19.5 Å². The van der Waals surface area contributed by atoms with Crippen molar-refractivity contribution in [3.05, 3.63) is 63.2 Å². The molecule has 3 rings (SSSR count). The Labute approximate surface area is 173 Å². The normalized spacial score (nSPS) is 11.8. The van der Waals surface area contributed by atoms with Crippen LogP contribution < -0.4 is 10.0 Å². The molecule has 0 aliphatic carbocycles. The van der Waals surface area contributed by atoms with E-state index < -0.39 is 10.0 Å². The average Bonchev–Trinajstić information content (AvgIpc) is 3.30. The zero-order chi connectivity index (χ0) is 21.0. The second-order valence-corrected chi connectivity index (χ2v) is 9.22. The van der Waals surface area contributed by atoms with E-state index >= 15 is 0 Å². The maximum absolute atomic E-state index is 12.7. The number of anilines is 1. The Morgan fingerprint density at radius 1 is 1.24 bits per heavy atom. The predicted molar refractivity (Wildman–Crippen MR) is 114 cm³/mol. The molecule has 0 saturated carbocycles. The lowest BCUT2D eigenvalue weighted by molar-refractivity contribution is -0.114. The molecular formula is C20H21N3O4S2. The second-order valence-electron chi connectivity index (χ2n) is 6.45. The topological polar surface area (TPSA) is 101 Å². The van der Waals surface area contributed by atoms with Crippen LogP contribution in [0.1, 0.15) is 34.4 Å². The summed E-state index contributed by atoms with van der Waals surface area (Å²) in [4.78, 5) is 12.5. The fourth-order valence-electron chi connectivity index (χ4n) is 2.67. The van der Waals surface area contributed by atoms with E-state index in [9.17, 15) is 13.2 Å². The van der Waals surface area contributed by atoms with E-state index in [0.717, 1.165) is 4.88 Å². The van der Waals surface area contributed by atoms with Crippen LogP contribution in [0.2, 0.25) is 0 Å². The molecule has 1 aromatic carbocycles. The van der Waals surface area contributed by atoms with Gasteiger partial charge in [0.2, 0.25) is 15.9 Å². The number of aromatic nitrogens is 1. The number of amides is 1. The van der Waals surface area contributed by atoms with Gasteiger partial charge in [0.15, 0.2) is 5.76 Å². The standard InChI is InChI=1S/C20H21N3O4S2/c1-13-6-7-16(8-9-18-20(22-15(3)24)14(2)23-27-18)11-19(13)29(25,26)21-12-17-5-4-10-28-17/h4-11,21H,12H2,1-3H3,(H,22,24). The molecule has 0 saturated heterocycles. The van der Waals surface area contributed by atoms with Crippen LogP contribution in [0.5, 0.6) is 0 Å². The van der Waals surface area contributed by atoms with Gasteiger partial charge in [-0.1, -0.05) is 29.4 Å². The van der Waals surface area contributed by atoms with Gasteiger partial charge in [-0.05, 0) is 48.6 Å². The molecule has 2 heterocycles. The zero-order valence-corrected chi connectivity index (χ0v) is 17.9. The minimum atomic E-state index is -3.66. The lowest BCUT2D eigenvalue weighted by atomic mass is 10.1. The van der Waals surface area contributed by atoms with Crippen molar-refractivity contribution in [1.82, 2.24) is 9.88 Å². The highest BCUT2D eigenvalue weighted by molar-refractivity contribution is 7.89. The third kappa shape index (κ3) is 5.20. The number of hydrogen-bond donors (Lipinski definition) is 2. The van der Waals surface area contributed by atoms with Gasteiger partial charge in [-0.2, -0.15) is 0 Å². The van der Waals surface area contributed by atoms with E-state index in [1.807, 2.05) is 23.6 Å². The first kappa shape index (κ1) is 21.0. The highest BCUT2D eigenvalue weighted by Crippen LogP contribution is 2.24. The molecule has 0 bridgehead atoms. The minimum Gasteiger partial charge on any atom is -0.354 e. The number of carbonyl (C=O) groups is 1. The lowest BCUT2D eigenvalue weighted by Gasteiger charge is -2.09. The van der Waals surface area contributed by atoms with Crippen LogP contribution in [0.25, 0.3) is 12.2 Å². The van der Waals surface area contributed by atoms with Crippen molar-refractivity contribution in [3.63, 3.8) is 0 Å². The van der Waals surface area contributed by atoms with Crippen molar-refractivity contribution in [2.45, 2.75) is 32.2 Å². The van der Waals surface area contributed by atoms with Gasteiger partial charge in [-0.25, -0.2) is 13.1 Å². The van der Waals surface area contributed by atoms with E-state index in [-0.39, 0.29) is 17.3 Å². The Kier molecular flexibility index (Phi) is 6.31. The molecule has 7 nitrogen and oxygen atoms in total. The van der Waals surface area contributed by atoms with Crippen molar-refractivity contribution in [3.8, 4) is 0 Å². The molecule has 3 aromatic rings. The molecule has 2 N–H and O–H groups in total. The summed E-state index contributed by atoms with van der Waals surface area (Å²) in [5, 5.41) is 8.44. The van der Waals surface area contributed by atoms with Gasteiger partial charge in [0.1, 0.15) is 11.4 Å². The van der Waals surface area contributed by atoms with E-state index in [2.05, 4.69) is 15.2 Å². The molecule has 0 spiro atoms. The first-order chi connectivity index (χ1) is 13.8. The van der Waals surface area contributed by atoms with Crippen molar-refractivity contribution in [2.75, 3.05) is 5.32 Å². The number of sulfonamides is 1. The maximum Gasteiger partial charge on any atom is 0.241 e. The Bertz CT molecular complexity index is 1150. The molecule has 0 aliphatic heterocycles. The molecule has 0 fully saturated rings. The Morgan fingerprint density at radius 3 is 2.72 bits per heavy atom. The highest BCUT2D eigenvalue weighted by Gasteiger charge is 2.17. The first-order valence-corrected chi connectivity index (χ1v) is 11.2. The van der Waals surface area contributed by atoms with Crippen LogP contribution >= 0.6 is 11.3 Å². The molecule has 29 heavy (non-hydrogen) atoms. The molecule has 0 radical (unpaired) electrons. The minimum absolute atomic E-state index is 0.215. The van der Waals surface area contributed by atoms with Crippen molar-refractivity contribution >= 4 is 45.1 Å². The van der Waals surface area contributed by atoms with Gasteiger partial charge in [-0.3, -0.25) is 4.79 Å². The van der Waals surface area contributed by atoms with Crippen molar-refractivity contribution < 1.29 is 17.7 Å². The summed E-state index contributed by atoms with van der Waals surface area (Å²) in [7, 11) is -3.66. The predicted octanol–water partition coefficient (Wildman–Crippen LogP) is 3.96. The number of aryl methyl sites for hydroxylation is 2. The van der Waals surface area contributed by atoms with E-state index in [1.54, 1.807) is 38.1 Å². The Hall–Kier alpha value is -2.75. The summed E-state index contributed by atoms with van der Waals surface area (Å²) in [5.74, 6) is 0.157. The van der Waals surface area contributed by atoms with E-state index in [0.29, 0.717) is 28.3 Å². The molecule has 0 unspecified atom stereocenters. The summed E-state index contributed by atoms with van der Waals surface area (Å²) in [6.07, 6.45) is 3.36. The number of thiophene rings is 1. The first-order valence-electron chi connectivity index (χ1n) is 8.81. The number of hydrogen-bond acceptors (Lipinski definition) is 6. The Morgan fingerprint density at radius 2 is 2.03 bits per heavy atom. The van der Waals surface area contributed by atoms with Crippen LogP contribution in [0.4, 0.5) is 5.69 Å². The molecule has 9 heteroatoms. The quantitative estimate of drug-likeness (QED) is 0.590. The number of rotatable bonds is 7. The van der Waals surface area contributed by atoms with Gasteiger partial charge >= 0.3 is 0 Å². The van der Waals surface area contributed by atoms with Crippen molar-refractivity contribution in [1.29, 1.82) is 0 Å². The molecule has 2 aromatic heterocycles. The Balaban J connectivity index is 1.84. The summed E-state index contributed by atoms with van der Waals surface area (Å²) < 4.78 is 33.4.